The lowest BCUT2D eigenvalue weighted by molar-refractivity contribution is 0.548. The van der Waals surface area contributed by atoms with Crippen LogP contribution in [-0.4, -0.2) is 13.1 Å². The topological polar surface area (TPSA) is 52.0 Å². The Morgan fingerprint density at radius 2 is 0.533 bits per heavy atom. The Balaban J connectivity index is 2.81. The molecule has 0 rings (SSSR count). The first kappa shape index (κ1) is 14.9. The van der Waals surface area contributed by atoms with E-state index in [1.165, 1.54) is 70.6 Å². The fraction of sp³-hybridized carbons (Fsp3) is 1.00. The average molecular weight is 214 g/mol. The van der Waals surface area contributed by atoms with E-state index in [-0.39, 0.29) is 0 Å². The van der Waals surface area contributed by atoms with Crippen LogP contribution in [-0.2, 0) is 0 Å². The summed E-state index contributed by atoms with van der Waals surface area (Å²) >= 11 is 0. The van der Waals surface area contributed by atoms with Crippen molar-refractivity contribution in [1.82, 2.24) is 0 Å². The molecule has 0 aromatic heterocycles. The molecule has 0 aliphatic rings. The summed E-state index contributed by atoms with van der Waals surface area (Å²) < 4.78 is 0. The van der Waals surface area contributed by atoms with Gasteiger partial charge in [-0.15, -0.1) is 0 Å². The van der Waals surface area contributed by atoms with Crippen LogP contribution in [0.15, 0.2) is 0 Å². The van der Waals surface area contributed by atoms with Crippen LogP contribution >= 0.6 is 0 Å². The fourth-order valence-electron chi connectivity index (χ4n) is 1.88. The Morgan fingerprint density at radius 3 is 0.733 bits per heavy atom. The lowest BCUT2D eigenvalue weighted by Gasteiger charge is -2.01. The van der Waals surface area contributed by atoms with Gasteiger partial charge in [-0.05, 0) is 25.9 Å². The van der Waals surface area contributed by atoms with Gasteiger partial charge in [0.1, 0.15) is 0 Å². The van der Waals surface area contributed by atoms with Gasteiger partial charge in [0.15, 0.2) is 0 Å². The van der Waals surface area contributed by atoms with Gasteiger partial charge in [0, 0.05) is 0 Å². The van der Waals surface area contributed by atoms with E-state index >= 15 is 0 Å². The van der Waals surface area contributed by atoms with Crippen LogP contribution < -0.4 is 11.5 Å². The second-order valence-electron chi connectivity index (χ2n) is 4.47. The predicted molar refractivity (Wildman–Crippen MR) is 68.9 cm³/mol. The van der Waals surface area contributed by atoms with E-state index in [1.807, 2.05) is 0 Å². The van der Waals surface area contributed by atoms with Crippen molar-refractivity contribution in [2.45, 2.75) is 70.6 Å². The van der Waals surface area contributed by atoms with Crippen LogP contribution in [0.4, 0.5) is 0 Å². The van der Waals surface area contributed by atoms with Gasteiger partial charge in [-0.25, -0.2) is 0 Å². The minimum atomic E-state index is 0.862. The minimum Gasteiger partial charge on any atom is -0.330 e. The van der Waals surface area contributed by atoms with Gasteiger partial charge in [0.2, 0.25) is 0 Å². The van der Waals surface area contributed by atoms with Crippen molar-refractivity contribution in [2.24, 2.45) is 11.5 Å². The van der Waals surface area contributed by atoms with E-state index in [4.69, 9.17) is 11.5 Å². The quantitative estimate of drug-likeness (QED) is 0.490. The van der Waals surface area contributed by atoms with Gasteiger partial charge < -0.3 is 11.5 Å². The molecule has 0 amide bonds. The first-order valence-electron chi connectivity index (χ1n) is 6.82. The first-order chi connectivity index (χ1) is 7.41. The summed E-state index contributed by atoms with van der Waals surface area (Å²) in [4.78, 5) is 0. The Hall–Kier alpha value is -0.0800. The highest BCUT2D eigenvalue weighted by Crippen LogP contribution is 2.10. The SMILES string of the molecule is NCCCCCCCCCCCCCN. The van der Waals surface area contributed by atoms with E-state index in [2.05, 4.69) is 0 Å². The summed E-state index contributed by atoms with van der Waals surface area (Å²) in [5.41, 5.74) is 10.9. The first-order valence-corrected chi connectivity index (χ1v) is 6.82. The molecule has 0 unspecified atom stereocenters. The Morgan fingerprint density at radius 1 is 0.333 bits per heavy atom. The Labute approximate surface area is 95.8 Å². The molecule has 0 aromatic carbocycles. The van der Waals surface area contributed by atoms with Crippen LogP contribution in [0.2, 0.25) is 0 Å². The average Bonchev–Trinajstić information content (AvgIpc) is 2.26. The highest BCUT2D eigenvalue weighted by molar-refractivity contribution is 4.48. The van der Waals surface area contributed by atoms with E-state index in [1.54, 1.807) is 0 Å². The number of hydrogen-bond acceptors (Lipinski definition) is 2. The standard InChI is InChI=1S/C13H30N2/c14-12-10-8-6-4-2-1-3-5-7-9-11-13-15/h1-15H2. The summed E-state index contributed by atoms with van der Waals surface area (Å²) in [7, 11) is 0. The molecule has 0 aromatic rings. The third-order valence-electron chi connectivity index (χ3n) is 2.91. The molecular weight excluding hydrogens is 184 g/mol. The van der Waals surface area contributed by atoms with E-state index in [0.29, 0.717) is 0 Å². The summed E-state index contributed by atoms with van der Waals surface area (Å²) in [6.07, 6.45) is 14.9. The van der Waals surface area contributed by atoms with Crippen molar-refractivity contribution in [1.29, 1.82) is 0 Å². The Kier molecular flexibility index (Phi) is 13.8. The Bertz CT molecular complexity index is 92.7. The smallest absolute Gasteiger partial charge is 0.00773 e. The van der Waals surface area contributed by atoms with E-state index in [0.717, 1.165) is 13.1 Å². The number of rotatable bonds is 12. The summed E-state index contributed by atoms with van der Waals surface area (Å²) in [5, 5.41) is 0. The summed E-state index contributed by atoms with van der Waals surface area (Å²) in [6, 6.07) is 0. The van der Waals surface area contributed by atoms with Gasteiger partial charge >= 0.3 is 0 Å². The molecule has 92 valence electrons. The number of hydrogen-bond donors (Lipinski definition) is 2. The molecule has 2 nitrogen and oxygen atoms in total. The van der Waals surface area contributed by atoms with Crippen molar-refractivity contribution in [3.8, 4) is 0 Å². The van der Waals surface area contributed by atoms with Gasteiger partial charge in [0.25, 0.3) is 0 Å². The summed E-state index contributed by atoms with van der Waals surface area (Å²) in [5.74, 6) is 0. The largest absolute Gasteiger partial charge is 0.330 e. The van der Waals surface area contributed by atoms with Crippen LogP contribution in [0.5, 0.6) is 0 Å². The zero-order valence-electron chi connectivity index (χ0n) is 10.3. The molecule has 0 aliphatic heterocycles. The maximum atomic E-state index is 5.44. The molecule has 0 saturated heterocycles. The zero-order valence-corrected chi connectivity index (χ0v) is 10.3. The molecule has 0 atom stereocenters. The minimum absolute atomic E-state index is 0.862. The second-order valence-corrected chi connectivity index (χ2v) is 4.47. The third-order valence-corrected chi connectivity index (χ3v) is 2.91. The highest BCUT2D eigenvalue weighted by Gasteiger charge is 1.92. The van der Waals surface area contributed by atoms with Crippen molar-refractivity contribution in [3.05, 3.63) is 0 Å². The molecule has 0 radical (unpaired) electrons. The van der Waals surface area contributed by atoms with Crippen LogP contribution in [0.3, 0.4) is 0 Å². The predicted octanol–water partition coefficient (Wildman–Crippen LogP) is 3.19. The van der Waals surface area contributed by atoms with Gasteiger partial charge in [-0.1, -0.05) is 57.8 Å². The second kappa shape index (κ2) is 13.9. The molecule has 0 heterocycles. The van der Waals surface area contributed by atoms with Crippen molar-refractivity contribution in [2.75, 3.05) is 13.1 Å². The highest BCUT2D eigenvalue weighted by atomic mass is 14.5. The van der Waals surface area contributed by atoms with Crippen molar-refractivity contribution < 1.29 is 0 Å². The third kappa shape index (κ3) is 13.9. The van der Waals surface area contributed by atoms with Crippen molar-refractivity contribution >= 4 is 0 Å². The van der Waals surface area contributed by atoms with Gasteiger partial charge in [-0.2, -0.15) is 0 Å². The summed E-state index contributed by atoms with van der Waals surface area (Å²) in [6.45, 7) is 1.72. The van der Waals surface area contributed by atoms with Crippen LogP contribution in [0.1, 0.15) is 70.6 Å². The van der Waals surface area contributed by atoms with E-state index < -0.39 is 0 Å². The lowest BCUT2D eigenvalue weighted by Crippen LogP contribution is -1.97. The molecule has 0 aliphatic carbocycles. The van der Waals surface area contributed by atoms with Crippen LogP contribution in [0.25, 0.3) is 0 Å². The molecule has 4 N–H and O–H groups in total. The molecule has 0 spiro atoms. The monoisotopic (exact) mass is 214 g/mol. The molecule has 0 bridgehead atoms. The molecular formula is C13H30N2. The number of nitrogens with two attached hydrogens (primary N) is 2. The maximum Gasteiger partial charge on any atom is -0.00773 e. The zero-order chi connectivity index (χ0) is 11.2. The van der Waals surface area contributed by atoms with Gasteiger partial charge in [0.05, 0.1) is 0 Å². The van der Waals surface area contributed by atoms with Crippen molar-refractivity contribution in [3.63, 3.8) is 0 Å². The molecule has 2 heteroatoms. The van der Waals surface area contributed by atoms with Crippen LogP contribution in [0, 0.1) is 0 Å². The lowest BCUT2D eigenvalue weighted by atomic mass is 10.1. The normalized spacial score (nSPS) is 10.8. The molecule has 0 saturated carbocycles. The van der Waals surface area contributed by atoms with Gasteiger partial charge in [-0.3, -0.25) is 0 Å². The number of unbranched alkanes of at least 4 members (excludes halogenated alkanes) is 10. The molecule has 0 fully saturated rings. The van der Waals surface area contributed by atoms with E-state index in [9.17, 15) is 0 Å². The molecule has 15 heavy (non-hydrogen) atoms. The fourth-order valence-corrected chi connectivity index (χ4v) is 1.88. The maximum absolute atomic E-state index is 5.44.